The molecule has 8 nitrogen and oxygen atoms in total. The summed E-state index contributed by atoms with van der Waals surface area (Å²) in [6, 6.07) is 16.2. The molecule has 38 heavy (non-hydrogen) atoms. The van der Waals surface area contributed by atoms with Gasteiger partial charge in [0, 0.05) is 28.9 Å². The average molecular weight is 508 g/mol. The third-order valence-corrected chi connectivity index (χ3v) is 6.41. The molecule has 0 radical (unpaired) electrons. The van der Waals surface area contributed by atoms with Crippen LogP contribution in [0.3, 0.4) is 0 Å². The molecule has 0 amide bonds. The first-order chi connectivity index (χ1) is 18.4. The maximum atomic E-state index is 13.9. The zero-order chi connectivity index (χ0) is 26.2. The third kappa shape index (κ3) is 4.59. The molecule has 4 N–H and O–H groups in total. The molecule has 0 bridgehead atoms. The number of H-pyrrole nitrogens is 2. The Morgan fingerprint density at radius 3 is 2.74 bits per heavy atom. The Morgan fingerprint density at radius 2 is 1.89 bits per heavy atom. The molecule has 0 fully saturated rings. The summed E-state index contributed by atoms with van der Waals surface area (Å²) in [5.41, 5.74) is 6.86. The number of imidazole rings is 1. The number of nitrogens with zero attached hydrogens (tertiary/aromatic N) is 4. The predicted molar refractivity (Wildman–Crippen MR) is 147 cm³/mol. The van der Waals surface area contributed by atoms with Crippen LogP contribution in [0.2, 0.25) is 0 Å². The van der Waals surface area contributed by atoms with Gasteiger partial charge < -0.3 is 15.4 Å². The normalized spacial score (nSPS) is 12.4. The highest BCUT2D eigenvalue weighted by Gasteiger charge is 2.17. The Labute approximate surface area is 218 Å². The Hall–Kier alpha value is -4.63. The highest BCUT2D eigenvalue weighted by molar-refractivity contribution is 5.97. The summed E-state index contributed by atoms with van der Waals surface area (Å²) in [4.78, 5) is 16.9. The Balaban J connectivity index is 1.38. The lowest BCUT2D eigenvalue weighted by Gasteiger charge is -2.16. The first-order valence-electron chi connectivity index (χ1n) is 12.4. The van der Waals surface area contributed by atoms with Crippen molar-refractivity contribution >= 4 is 27.8 Å². The van der Waals surface area contributed by atoms with Gasteiger partial charge in [-0.05, 0) is 59.9 Å². The average Bonchev–Trinajstić information content (AvgIpc) is 3.52. The first-order valence-corrected chi connectivity index (χ1v) is 12.4. The lowest BCUT2D eigenvalue weighted by Crippen LogP contribution is -2.20. The minimum absolute atomic E-state index is 0.308. The van der Waals surface area contributed by atoms with E-state index in [4.69, 9.17) is 4.98 Å². The van der Waals surface area contributed by atoms with Gasteiger partial charge in [-0.3, -0.25) is 10.1 Å². The molecule has 9 heteroatoms. The summed E-state index contributed by atoms with van der Waals surface area (Å²) in [7, 11) is 0. The molecule has 1 unspecified atom stereocenters. The third-order valence-electron chi connectivity index (χ3n) is 6.41. The van der Waals surface area contributed by atoms with E-state index in [2.05, 4.69) is 44.3 Å². The van der Waals surface area contributed by atoms with Crippen molar-refractivity contribution in [1.82, 2.24) is 30.1 Å². The van der Waals surface area contributed by atoms with E-state index in [9.17, 15) is 9.50 Å². The SMILES string of the molecule is CC(C)CC(O)Nc1cncc(-c2ccc3[nH]nc(-c4nc5c(-c6cccc(F)c6)ccnc5[nH]4)c3c2)c1. The van der Waals surface area contributed by atoms with Crippen LogP contribution in [0.5, 0.6) is 0 Å². The van der Waals surface area contributed by atoms with Crippen molar-refractivity contribution in [3.63, 3.8) is 0 Å². The Morgan fingerprint density at radius 1 is 1.00 bits per heavy atom. The minimum Gasteiger partial charge on any atom is -0.374 e. The smallest absolute Gasteiger partial charge is 0.160 e. The summed E-state index contributed by atoms with van der Waals surface area (Å²) in [6.45, 7) is 4.13. The summed E-state index contributed by atoms with van der Waals surface area (Å²) in [5, 5.41) is 21.9. The second kappa shape index (κ2) is 9.68. The second-order valence-electron chi connectivity index (χ2n) is 9.74. The van der Waals surface area contributed by atoms with Gasteiger partial charge in [-0.15, -0.1) is 0 Å². The minimum atomic E-state index is -0.644. The zero-order valence-electron chi connectivity index (χ0n) is 20.9. The van der Waals surface area contributed by atoms with Crippen LogP contribution in [-0.2, 0) is 0 Å². The van der Waals surface area contributed by atoms with Crippen molar-refractivity contribution in [1.29, 1.82) is 0 Å². The van der Waals surface area contributed by atoms with Crippen LogP contribution in [-0.4, -0.2) is 41.5 Å². The molecule has 0 saturated carbocycles. The molecule has 4 heterocycles. The van der Waals surface area contributed by atoms with Crippen molar-refractivity contribution in [3.8, 4) is 33.8 Å². The van der Waals surface area contributed by atoms with Gasteiger partial charge in [0.1, 0.15) is 23.3 Å². The van der Waals surface area contributed by atoms with E-state index in [-0.39, 0.29) is 5.82 Å². The lowest BCUT2D eigenvalue weighted by atomic mass is 10.0. The van der Waals surface area contributed by atoms with Gasteiger partial charge in [0.2, 0.25) is 0 Å². The first kappa shape index (κ1) is 23.7. The fourth-order valence-corrected chi connectivity index (χ4v) is 4.66. The topological polar surface area (TPSA) is 115 Å². The molecule has 2 aromatic carbocycles. The van der Waals surface area contributed by atoms with Crippen molar-refractivity contribution < 1.29 is 9.50 Å². The van der Waals surface area contributed by atoms with Crippen LogP contribution in [0, 0.1) is 11.7 Å². The van der Waals surface area contributed by atoms with E-state index in [0.29, 0.717) is 35.0 Å². The van der Waals surface area contributed by atoms with E-state index in [1.54, 1.807) is 24.7 Å². The molecule has 190 valence electrons. The van der Waals surface area contributed by atoms with E-state index in [1.807, 2.05) is 36.4 Å². The summed E-state index contributed by atoms with van der Waals surface area (Å²) in [5.74, 6) is 0.622. The number of aromatic nitrogens is 6. The number of benzene rings is 2. The van der Waals surface area contributed by atoms with Crippen molar-refractivity contribution in [3.05, 3.63) is 79.0 Å². The van der Waals surface area contributed by atoms with Crippen molar-refractivity contribution in [2.24, 2.45) is 5.92 Å². The standard InChI is InChI=1S/C29H26FN7O/c1-16(2)10-25(38)33-21-12-19(14-31-15-21)17-6-7-24-23(13-17)27(37-36-24)29-34-26-22(8-9-32-28(26)35-29)18-4-3-5-20(30)11-18/h3-9,11-16,25,33,38H,10H2,1-2H3,(H,36,37)(H,32,34,35). The molecule has 4 aromatic heterocycles. The number of aromatic amines is 2. The van der Waals surface area contributed by atoms with Crippen LogP contribution >= 0.6 is 0 Å². The highest BCUT2D eigenvalue weighted by atomic mass is 19.1. The van der Waals surface area contributed by atoms with Crippen LogP contribution in [0.25, 0.3) is 55.8 Å². The number of pyridine rings is 2. The zero-order valence-corrected chi connectivity index (χ0v) is 20.9. The van der Waals surface area contributed by atoms with Gasteiger partial charge in [0.05, 0.1) is 17.4 Å². The van der Waals surface area contributed by atoms with Crippen molar-refractivity contribution in [2.45, 2.75) is 26.5 Å². The van der Waals surface area contributed by atoms with Gasteiger partial charge >= 0.3 is 0 Å². The lowest BCUT2D eigenvalue weighted by molar-refractivity contribution is 0.176. The van der Waals surface area contributed by atoms with Gasteiger partial charge in [0.25, 0.3) is 0 Å². The maximum absolute atomic E-state index is 13.9. The van der Waals surface area contributed by atoms with E-state index in [1.165, 1.54) is 12.1 Å². The number of aliphatic hydroxyl groups is 1. The fraction of sp³-hybridized carbons (Fsp3) is 0.172. The molecule has 0 aliphatic carbocycles. The number of nitrogens with one attached hydrogen (secondary N) is 3. The number of rotatable bonds is 7. The molecular formula is C29H26FN7O. The predicted octanol–water partition coefficient (Wildman–Crippen LogP) is 6.15. The van der Waals surface area contributed by atoms with Crippen LogP contribution in [0.4, 0.5) is 10.1 Å². The molecule has 1 atom stereocenters. The summed E-state index contributed by atoms with van der Waals surface area (Å²) in [6.07, 6.45) is 5.16. The largest absolute Gasteiger partial charge is 0.374 e. The Bertz CT molecular complexity index is 1760. The number of halogens is 1. The number of hydrogen-bond donors (Lipinski definition) is 4. The van der Waals surface area contributed by atoms with Gasteiger partial charge in [-0.2, -0.15) is 5.10 Å². The monoisotopic (exact) mass is 507 g/mol. The molecule has 0 saturated heterocycles. The molecule has 6 aromatic rings. The molecule has 0 aliphatic heterocycles. The summed E-state index contributed by atoms with van der Waals surface area (Å²) < 4.78 is 13.9. The van der Waals surface area contributed by atoms with E-state index in [0.717, 1.165) is 38.8 Å². The summed E-state index contributed by atoms with van der Waals surface area (Å²) >= 11 is 0. The maximum Gasteiger partial charge on any atom is 0.160 e. The Kier molecular flexibility index (Phi) is 6.05. The number of fused-ring (bicyclic) bond motifs is 2. The number of aliphatic hydroxyl groups excluding tert-OH is 1. The molecule has 6 rings (SSSR count). The molecule has 0 spiro atoms. The fourth-order valence-electron chi connectivity index (χ4n) is 4.66. The van der Waals surface area contributed by atoms with Gasteiger partial charge in [-0.25, -0.2) is 14.4 Å². The van der Waals surface area contributed by atoms with E-state index >= 15 is 0 Å². The number of anilines is 1. The second-order valence-corrected chi connectivity index (χ2v) is 9.74. The van der Waals surface area contributed by atoms with Gasteiger partial charge in [-0.1, -0.05) is 32.0 Å². The van der Waals surface area contributed by atoms with E-state index < -0.39 is 6.23 Å². The van der Waals surface area contributed by atoms with Crippen molar-refractivity contribution in [2.75, 3.05) is 5.32 Å². The van der Waals surface area contributed by atoms with Crippen LogP contribution < -0.4 is 5.32 Å². The molecular weight excluding hydrogens is 481 g/mol. The van der Waals surface area contributed by atoms with Crippen LogP contribution in [0.1, 0.15) is 20.3 Å². The van der Waals surface area contributed by atoms with Crippen LogP contribution in [0.15, 0.2) is 73.2 Å². The quantitative estimate of drug-likeness (QED) is 0.193. The van der Waals surface area contributed by atoms with Gasteiger partial charge in [0.15, 0.2) is 11.5 Å². The highest BCUT2D eigenvalue weighted by Crippen LogP contribution is 2.33. The number of hydrogen-bond acceptors (Lipinski definition) is 6. The molecule has 0 aliphatic rings.